The van der Waals surface area contributed by atoms with Crippen molar-refractivity contribution in [2.24, 2.45) is 10.8 Å². The highest BCUT2D eigenvalue weighted by Crippen LogP contribution is 2.52. The lowest BCUT2D eigenvalue weighted by molar-refractivity contribution is -0.136. The highest BCUT2D eigenvalue weighted by atomic mass is 35.5. The van der Waals surface area contributed by atoms with E-state index in [-0.39, 0.29) is 44.1 Å². The molecular weight excluding hydrogens is 473 g/mol. The second-order valence-corrected chi connectivity index (χ2v) is 12.8. The Kier molecular flexibility index (Phi) is 5.79. The molecule has 1 saturated heterocycles. The van der Waals surface area contributed by atoms with E-state index in [4.69, 9.17) is 23.2 Å². The number of nitrogens with one attached hydrogen (secondary N) is 1. The van der Waals surface area contributed by atoms with Gasteiger partial charge in [-0.3, -0.25) is 13.9 Å². The molecule has 1 aliphatic carbocycles. The average Bonchev–Trinajstić information content (AvgIpc) is 2.94. The summed E-state index contributed by atoms with van der Waals surface area (Å²) >= 11 is 11.9. The molecule has 2 aliphatic heterocycles. The summed E-state index contributed by atoms with van der Waals surface area (Å²) in [5.74, 6) is -0.751. The van der Waals surface area contributed by atoms with Crippen LogP contribution in [0.2, 0.25) is 10.0 Å². The van der Waals surface area contributed by atoms with E-state index in [0.29, 0.717) is 6.54 Å². The standard InChI is InChI=1S/C22H27Cl2N3O4S/c1-21(2)10-14-11-22(3,12-21)13-26(14)19(28)9-18-20(29)25-6-7-27(18)32(30,31)15-4-5-16(23)17(24)8-15/h4-8,14,18H,9-13H2,1-3H3,(H,25,29)/t14-,18-,22-/m1/s1. The van der Waals surface area contributed by atoms with Crippen LogP contribution in [0.25, 0.3) is 0 Å². The van der Waals surface area contributed by atoms with Gasteiger partial charge in [0.2, 0.25) is 11.8 Å². The minimum Gasteiger partial charge on any atom is -0.339 e. The zero-order chi connectivity index (χ0) is 23.5. The largest absolute Gasteiger partial charge is 0.339 e. The highest BCUT2D eigenvalue weighted by Gasteiger charge is 2.51. The van der Waals surface area contributed by atoms with Gasteiger partial charge in [0.1, 0.15) is 6.04 Å². The molecule has 0 spiro atoms. The first kappa shape index (κ1) is 23.4. The van der Waals surface area contributed by atoms with E-state index < -0.39 is 22.0 Å². The fraction of sp³-hybridized carbons (Fsp3) is 0.545. The van der Waals surface area contributed by atoms with Crippen molar-refractivity contribution in [1.82, 2.24) is 14.5 Å². The molecule has 1 aromatic carbocycles. The summed E-state index contributed by atoms with van der Waals surface area (Å²) in [4.78, 5) is 27.7. The summed E-state index contributed by atoms with van der Waals surface area (Å²) in [6, 6.07) is 2.88. The monoisotopic (exact) mass is 499 g/mol. The van der Waals surface area contributed by atoms with Crippen molar-refractivity contribution in [1.29, 1.82) is 0 Å². The predicted octanol–water partition coefficient (Wildman–Crippen LogP) is 3.77. The second-order valence-electron chi connectivity index (χ2n) is 10.2. The summed E-state index contributed by atoms with van der Waals surface area (Å²) in [7, 11) is -4.13. The Hall–Kier alpha value is -1.77. The lowest BCUT2D eigenvalue weighted by Gasteiger charge is -2.39. The Morgan fingerprint density at radius 1 is 1.19 bits per heavy atom. The number of amides is 2. The summed E-state index contributed by atoms with van der Waals surface area (Å²) < 4.78 is 27.5. The Morgan fingerprint density at radius 3 is 2.59 bits per heavy atom. The van der Waals surface area contributed by atoms with Gasteiger partial charge in [0.25, 0.3) is 10.0 Å². The normalized spacial score (nSPS) is 29.2. The zero-order valence-corrected chi connectivity index (χ0v) is 20.6. The maximum absolute atomic E-state index is 13.3. The minimum atomic E-state index is -4.13. The number of fused-ring (bicyclic) bond motifs is 2. The molecule has 2 amide bonds. The van der Waals surface area contributed by atoms with Crippen molar-refractivity contribution < 1.29 is 18.0 Å². The van der Waals surface area contributed by atoms with E-state index in [0.717, 1.165) is 23.6 Å². The molecule has 3 atom stereocenters. The van der Waals surface area contributed by atoms with Crippen molar-refractivity contribution in [3.8, 4) is 0 Å². The fourth-order valence-corrected chi connectivity index (χ4v) is 7.57. The Morgan fingerprint density at radius 2 is 1.91 bits per heavy atom. The average molecular weight is 500 g/mol. The van der Waals surface area contributed by atoms with Gasteiger partial charge in [0.05, 0.1) is 21.4 Å². The van der Waals surface area contributed by atoms with Crippen LogP contribution in [-0.4, -0.2) is 48.1 Å². The predicted molar refractivity (Wildman–Crippen MR) is 122 cm³/mol. The van der Waals surface area contributed by atoms with Crippen LogP contribution in [0, 0.1) is 10.8 Å². The third-order valence-electron chi connectivity index (χ3n) is 6.63. The van der Waals surface area contributed by atoms with Crippen LogP contribution in [0.5, 0.6) is 0 Å². The van der Waals surface area contributed by atoms with E-state index in [9.17, 15) is 18.0 Å². The van der Waals surface area contributed by atoms with Crippen LogP contribution in [-0.2, 0) is 19.6 Å². The van der Waals surface area contributed by atoms with Crippen LogP contribution < -0.4 is 5.32 Å². The molecule has 1 aromatic rings. The van der Waals surface area contributed by atoms with Crippen LogP contribution in [0.15, 0.2) is 35.5 Å². The van der Waals surface area contributed by atoms with Crippen molar-refractivity contribution >= 4 is 45.0 Å². The SMILES string of the molecule is CC1(C)C[C@@H]2C[C@@](C)(CN2C(=O)C[C@@H]2C(=O)NC=CN2S(=O)(=O)c2ccc(Cl)c(Cl)c2)C1. The smallest absolute Gasteiger partial charge is 0.264 e. The highest BCUT2D eigenvalue weighted by molar-refractivity contribution is 7.89. The van der Waals surface area contributed by atoms with Gasteiger partial charge in [-0.05, 0) is 48.3 Å². The number of sulfonamides is 1. The molecule has 4 rings (SSSR count). The number of rotatable bonds is 4. The molecular formula is C22H27Cl2N3O4S. The number of nitrogens with zero attached hydrogens (tertiary/aromatic N) is 2. The van der Waals surface area contributed by atoms with Gasteiger partial charge >= 0.3 is 0 Å². The quantitative estimate of drug-likeness (QED) is 0.682. The van der Waals surface area contributed by atoms with Gasteiger partial charge < -0.3 is 10.2 Å². The van der Waals surface area contributed by atoms with E-state index >= 15 is 0 Å². The van der Waals surface area contributed by atoms with Crippen molar-refractivity contribution in [3.63, 3.8) is 0 Å². The Balaban J connectivity index is 1.59. The van der Waals surface area contributed by atoms with Gasteiger partial charge in [-0.15, -0.1) is 0 Å². The maximum Gasteiger partial charge on any atom is 0.264 e. The maximum atomic E-state index is 13.3. The number of benzene rings is 1. The minimum absolute atomic E-state index is 0.0443. The molecule has 0 aromatic heterocycles. The molecule has 1 N–H and O–H groups in total. The van der Waals surface area contributed by atoms with E-state index in [1.165, 1.54) is 30.6 Å². The lowest BCUT2D eigenvalue weighted by atomic mass is 9.65. The van der Waals surface area contributed by atoms with Crippen LogP contribution in [0.3, 0.4) is 0 Å². The summed E-state index contributed by atoms with van der Waals surface area (Å²) in [6.45, 7) is 7.27. The van der Waals surface area contributed by atoms with Gasteiger partial charge in [-0.25, -0.2) is 8.42 Å². The number of halogens is 2. The van der Waals surface area contributed by atoms with Gasteiger partial charge in [-0.2, -0.15) is 0 Å². The molecule has 3 aliphatic rings. The van der Waals surface area contributed by atoms with Crippen molar-refractivity contribution in [2.45, 2.75) is 63.4 Å². The van der Waals surface area contributed by atoms with Crippen molar-refractivity contribution in [3.05, 3.63) is 40.6 Å². The number of hydrogen-bond acceptors (Lipinski definition) is 4. The zero-order valence-electron chi connectivity index (χ0n) is 18.3. The number of carbonyl (C=O) groups is 2. The molecule has 32 heavy (non-hydrogen) atoms. The third-order valence-corrected chi connectivity index (χ3v) is 9.15. The van der Waals surface area contributed by atoms with E-state index in [1.54, 1.807) is 0 Å². The van der Waals surface area contributed by atoms with E-state index in [2.05, 4.69) is 26.1 Å². The molecule has 7 nitrogen and oxygen atoms in total. The van der Waals surface area contributed by atoms with Gasteiger partial charge in [0, 0.05) is 25.0 Å². The second kappa shape index (κ2) is 7.92. The number of likely N-dealkylation sites (tertiary alicyclic amines) is 1. The Labute approximate surface area is 198 Å². The van der Waals surface area contributed by atoms with E-state index in [1.807, 2.05) is 4.90 Å². The first-order chi connectivity index (χ1) is 14.8. The van der Waals surface area contributed by atoms with Crippen LogP contribution in [0.4, 0.5) is 0 Å². The van der Waals surface area contributed by atoms with Crippen molar-refractivity contribution in [2.75, 3.05) is 6.54 Å². The third kappa shape index (κ3) is 4.24. The molecule has 1 saturated carbocycles. The molecule has 0 unspecified atom stereocenters. The number of carbonyl (C=O) groups excluding carboxylic acids is 2. The summed E-state index contributed by atoms with van der Waals surface area (Å²) in [5.41, 5.74) is 0.184. The fourth-order valence-electron chi connectivity index (χ4n) is 5.73. The van der Waals surface area contributed by atoms with Gasteiger partial charge in [0.15, 0.2) is 0 Å². The molecule has 174 valence electrons. The summed E-state index contributed by atoms with van der Waals surface area (Å²) in [6.07, 6.45) is 5.16. The van der Waals surface area contributed by atoms with Crippen LogP contribution >= 0.6 is 23.2 Å². The Bertz CT molecular complexity index is 1100. The molecule has 10 heteroatoms. The first-order valence-electron chi connectivity index (χ1n) is 10.6. The molecule has 0 radical (unpaired) electrons. The van der Waals surface area contributed by atoms with Crippen LogP contribution in [0.1, 0.15) is 46.5 Å². The molecule has 2 bridgehead atoms. The summed E-state index contributed by atoms with van der Waals surface area (Å²) in [5, 5.41) is 2.84. The van der Waals surface area contributed by atoms with Gasteiger partial charge in [-0.1, -0.05) is 44.0 Å². The number of hydrogen-bond donors (Lipinski definition) is 1. The molecule has 2 fully saturated rings. The first-order valence-corrected chi connectivity index (χ1v) is 12.8. The topological polar surface area (TPSA) is 86.8 Å². The lowest BCUT2D eigenvalue weighted by Crippen LogP contribution is -2.51. The molecule has 2 heterocycles.